The highest BCUT2D eigenvalue weighted by Gasteiger charge is 2.39. The molecule has 102 valence electrons. The Morgan fingerprint density at radius 1 is 0.944 bits per heavy atom. The van der Waals surface area contributed by atoms with Crippen molar-refractivity contribution < 1.29 is 9.53 Å². The molecule has 0 N–H and O–H groups in total. The first-order chi connectivity index (χ1) is 8.86. The summed E-state index contributed by atoms with van der Waals surface area (Å²) in [5.74, 6) is 0. The number of fused-ring (bicyclic) bond motifs is 1. The SMILES string of the molecule is O=C(N1CCCCCC1)N1CCOC2CCCC21. The normalized spacial score (nSPS) is 33.1. The molecule has 3 fully saturated rings. The molecule has 1 aliphatic carbocycles. The molecule has 2 amide bonds. The van der Waals surface area contributed by atoms with Gasteiger partial charge in [-0.05, 0) is 32.1 Å². The molecule has 1 saturated carbocycles. The molecule has 0 aromatic carbocycles. The number of urea groups is 1. The predicted molar refractivity (Wildman–Crippen MR) is 69.5 cm³/mol. The molecule has 0 bridgehead atoms. The van der Waals surface area contributed by atoms with Gasteiger partial charge in [-0.2, -0.15) is 0 Å². The molecular weight excluding hydrogens is 228 g/mol. The average molecular weight is 252 g/mol. The van der Waals surface area contributed by atoms with E-state index in [1.165, 1.54) is 32.1 Å². The van der Waals surface area contributed by atoms with Gasteiger partial charge >= 0.3 is 6.03 Å². The maximum absolute atomic E-state index is 12.6. The minimum Gasteiger partial charge on any atom is -0.374 e. The van der Waals surface area contributed by atoms with Gasteiger partial charge in [0.25, 0.3) is 0 Å². The van der Waals surface area contributed by atoms with Gasteiger partial charge in [-0.15, -0.1) is 0 Å². The Labute approximate surface area is 109 Å². The van der Waals surface area contributed by atoms with Gasteiger partial charge in [0.1, 0.15) is 0 Å². The fourth-order valence-electron chi connectivity index (χ4n) is 3.61. The van der Waals surface area contributed by atoms with Crippen molar-refractivity contribution in [2.75, 3.05) is 26.2 Å². The summed E-state index contributed by atoms with van der Waals surface area (Å²) in [5, 5.41) is 0. The van der Waals surface area contributed by atoms with Crippen LogP contribution in [0, 0.1) is 0 Å². The number of ether oxygens (including phenoxy) is 1. The van der Waals surface area contributed by atoms with Crippen molar-refractivity contribution in [2.45, 2.75) is 57.1 Å². The lowest BCUT2D eigenvalue weighted by molar-refractivity contribution is -0.0433. The summed E-state index contributed by atoms with van der Waals surface area (Å²) >= 11 is 0. The summed E-state index contributed by atoms with van der Waals surface area (Å²) in [7, 11) is 0. The number of amides is 2. The first kappa shape index (κ1) is 12.3. The molecule has 4 nitrogen and oxygen atoms in total. The van der Waals surface area contributed by atoms with Crippen molar-refractivity contribution in [3.05, 3.63) is 0 Å². The smallest absolute Gasteiger partial charge is 0.320 e. The molecule has 2 saturated heterocycles. The third-order valence-corrected chi connectivity index (χ3v) is 4.60. The molecule has 2 aliphatic heterocycles. The zero-order valence-electron chi connectivity index (χ0n) is 11.1. The molecule has 2 heterocycles. The lowest BCUT2D eigenvalue weighted by Gasteiger charge is -2.40. The molecule has 18 heavy (non-hydrogen) atoms. The number of carbonyl (C=O) groups excluding carboxylic acids is 1. The zero-order valence-corrected chi connectivity index (χ0v) is 11.1. The summed E-state index contributed by atoms with van der Waals surface area (Å²) in [6.07, 6.45) is 8.68. The number of nitrogens with zero attached hydrogens (tertiary/aromatic N) is 2. The van der Waals surface area contributed by atoms with E-state index < -0.39 is 0 Å². The molecule has 4 heteroatoms. The minimum absolute atomic E-state index is 0.275. The van der Waals surface area contributed by atoms with E-state index in [0.29, 0.717) is 12.1 Å². The van der Waals surface area contributed by atoms with Crippen molar-refractivity contribution in [1.29, 1.82) is 0 Å². The fourth-order valence-corrected chi connectivity index (χ4v) is 3.61. The molecular formula is C14H24N2O2. The zero-order chi connectivity index (χ0) is 12.4. The predicted octanol–water partition coefficient (Wildman–Crippen LogP) is 2.24. The highest BCUT2D eigenvalue weighted by molar-refractivity contribution is 5.75. The summed E-state index contributed by atoms with van der Waals surface area (Å²) in [6.45, 7) is 3.42. The molecule has 2 unspecified atom stereocenters. The first-order valence-electron chi connectivity index (χ1n) is 7.53. The van der Waals surface area contributed by atoms with E-state index in [4.69, 9.17) is 4.74 Å². The topological polar surface area (TPSA) is 32.8 Å². The molecule has 0 aromatic heterocycles. The van der Waals surface area contributed by atoms with E-state index in [0.717, 1.165) is 39.1 Å². The van der Waals surface area contributed by atoms with Crippen LogP contribution in [0.2, 0.25) is 0 Å². The largest absolute Gasteiger partial charge is 0.374 e. The van der Waals surface area contributed by atoms with Crippen LogP contribution in [-0.4, -0.2) is 54.2 Å². The number of hydrogen-bond acceptors (Lipinski definition) is 2. The van der Waals surface area contributed by atoms with Gasteiger partial charge in [-0.3, -0.25) is 0 Å². The lowest BCUT2D eigenvalue weighted by Crippen LogP contribution is -2.55. The Balaban J connectivity index is 1.66. The Morgan fingerprint density at radius 2 is 1.72 bits per heavy atom. The molecule has 0 aromatic rings. The van der Waals surface area contributed by atoms with Gasteiger partial charge < -0.3 is 14.5 Å². The van der Waals surface area contributed by atoms with E-state index in [1.54, 1.807) is 0 Å². The second-order valence-electron chi connectivity index (χ2n) is 5.78. The molecule has 0 radical (unpaired) electrons. The maximum atomic E-state index is 12.6. The fraction of sp³-hybridized carbons (Fsp3) is 0.929. The van der Waals surface area contributed by atoms with Crippen LogP contribution in [0.4, 0.5) is 4.79 Å². The number of likely N-dealkylation sites (tertiary alicyclic amines) is 1. The van der Waals surface area contributed by atoms with Crippen LogP contribution < -0.4 is 0 Å². The van der Waals surface area contributed by atoms with Crippen LogP contribution in [0.15, 0.2) is 0 Å². The van der Waals surface area contributed by atoms with Crippen LogP contribution in [-0.2, 0) is 4.74 Å². The molecule has 2 atom stereocenters. The number of carbonyl (C=O) groups is 1. The number of morpholine rings is 1. The van der Waals surface area contributed by atoms with Gasteiger partial charge in [0.15, 0.2) is 0 Å². The van der Waals surface area contributed by atoms with Crippen LogP contribution in [0.5, 0.6) is 0 Å². The van der Waals surface area contributed by atoms with Gasteiger partial charge in [0.2, 0.25) is 0 Å². The molecule has 3 aliphatic rings. The van der Waals surface area contributed by atoms with E-state index >= 15 is 0 Å². The lowest BCUT2D eigenvalue weighted by atomic mass is 10.1. The number of rotatable bonds is 0. The van der Waals surface area contributed by atoms with E-state index in [-0.39, 0.29) is 6.03 Å². The van der Waals surface area contributed by atoms with Crippen molar-refractivity contribution in [1.82, 2.24) is 9.80 Å². The van der Waals surface area contributed by atoms with Crippen LogP contribution >= 0.6 is 0 Å². The second kappa shape index (κ2) is 5.47. The average Bonchev–Trinajstić information content (AvgIpc) is 2.71. The minimum atomic E-state index is 0.275. The highest BCUT2D eigenvalue weighted by atomic mass is 16.5. The van der Waals surface area contributed by atoms with E-state index in [9.17, 15) is 4.79 Å². The second-order valence-corrected chi connectivity index (χ2v) is 5.78. The quantitative estimate of drug-likeness (QED) is 0.662. The standard InChI is InChI=1S/C14H24N2O2/c17-14(15-8-3-1-2-4-9-15)16-10-11-18-13-7-5-6-12(13)16/h12-13H,1-11H2. The first-order valence-corrected chi connectivity index (χ1v) is 7.53. The Kier molecular flexibility index (Phi) is 3.73. The molecule has 0 spiro atoms. The summed E-state index contributed by atoms with van der Waals surface area (Å²) in [5.41, 5.74) is 0. The van der Waals surface area contributed by atoms with Gasteiger partial charge in [0, 0.05) is 19.6 Å². The van der Waals surface area contributed by atoms with Crippen molar-refractivity contribution in [3.8, 4) is 0 Å². The van der Waals surface area contributed by atoms with E-state index in [1.807, 2.05) is 0 Å². The third-order valence-electron chi connectivity index (χ3n) is 4.60. The summed E-state index contributed by atoms with van der Waals surface area (Å²) in [4.78, 5) is 16.8. The number of hydrogen-bond donors (Lipinski definition) is 0. The van der Waals surface area contributed by atoms with Gasteiger partial charge in [-0.1, -0.05) is 12.8 Å². The van der Waals surface area contributed by atoms with Crippen molar-refractivity contribution >= 4 is 6.03 Å². The van der Waals surface area contributed by atoms with Crippen molar-refractivity contribution in [3.63, 3.8) is 0 Å². The van der Waals surface area contributed by atoms with E-state index in [2.05, 4.69) is 9.80 Å². The van der Waals surface area contributed by atoms with Crippen LogP contribution in [0.3, 0.4) is 0 Å². The maximum Gasteiger partial charge on any atom is 0.320 e. The van der Waals surface area contributed by atoms with Crippen LogP contribution in [0.25, 0.3) is 0 Å². The summed E-state index contributed by atoms with van der Waals surface area (Å²) in [6, 6.07) is 0.631. The van der Waals surface area contributed by atoms with Gasteiger partial charge in [0.05, 0.1) is 18.8 Å². The Hall–Kier alpha value is -0.770. The van der Waals surface area contributed by atoms with Crippen LogP contribution in [0.1, 0.15) is 44.9 Å². The Morgan fingerprint density at radius 3 is 2.50 bits per heavy atom. The monoisotopic (exact) mass is 252 g/mol. The summed E-state index contributed by atoms with van der Waals surface area (Å²) < 4.78 is 5.78. The third kappa shape index (κ3) is 2.35. The molecule has 3 rings (SSSR count). The van der Waals surface area contributed by atoms with Gasteiger partial charge in [-0.25, -0.2) is 4.79 Å². The Bertz CT molecular complexity index is 300. The van der Waals surface area contributed by atoms with Crippen molar-refractivity contribution in [2.24, 2.45) is 0 Å². The highest BCUT2D eigenvalue weighted by Crippen LogP contribution is 2.30.